The minimum absolute atomic E-state index is 0.0982. The summed E-state index contributed by atoms with van der Waals surface area (Å²) in [4.78, 5) is 26.5. The Morgan fingerprint density at radius 3 is 2.38 bits per heavy atom. The van der Waals surface area contributed by atoms with E-state index in [1.165, 1.54) is 0 Å². The number of likely N-dealkylation sites (tertiary alicyclic amines) is 2. The Labute approximate surface area is 120 Å². The molecule has 1 unspecified atom stereocenters. The second-order valence-electron chi connectivity index (χ2n) is 6.21. The minimum atomic E-state index is -4.41. The van der Waals surface area contributed by atoms with Gasteiger partial charge in [0, 0.05) is 39.1 Å². The normalized spacial score (nSPS) is 32.9. The van der Waals surface area contributed by atoms with E-state index in [4.69, 9.17) is 0 Å². The third kappa shape index (κ3) is 3.00. The third-order valence-corrected chi connectivity index (χ3v) is 4.64. The molecule has 0 spiro atoms. The maximum atomic E-state index is 12.4. The van der Waals surface area contributed by atoms with Crippen LogP contribution in [0.3, 0.4) is 0 Å². The number of nitrogens with one attached hydrogen (secondary N) is 1. The third-order valence-electron chi connectivity index (χ3n) is 4.64. The van der Waals surface area contributed by atoms with E-state index in [2.05, 4.69) is 5.32 Å². The van der Waals surface area contributed by atoms with Crippen LogP contribution < -0.4 is 5.32 Å². The number of carbonyl (C=O) groups is 2. The average molecular weight is 305 g/mol. The molecule has 0 aliphatic carbocycles. The Balaban J connectivity index is 1.58. The molecule has 0 saturated carbocycles. The van der Waals surface area contributed by atoms with Gasteiger partial charge < -0.3 is 15.1 Å². The van der Waals surface area contributed by atoms with Crippen molar-refractivity contribution in [3.05, 3.63) is 0 Å². The molecule has 3 aliphatic rings. The number of hydrogen-bond acceptors (Lipinski definition) is 3. The van der Waals surface area contributed by atoms with Crippen LogP contribution in [-0.2, 0) is 9.59 Å². The Morgan fingerprint density at radius 1 is 1.19 bits per heavy atom. The Kier molecular flexibility index (Phi) is 3.59. The number of fused-ring (bicyclic) bond motifs is 1. The minimum Gasteiger partial charge on any atom is -0.342 e. The summed E-state index contributed by atoms with van der Waals surface area (Å²) >= 11 is 0. The molecule has 3 heterocycles. The van der Waals surface area contributed by atoms with Crippen molar-refractivity contribution in [1.82, 2.24) is 15.1 Å². The van der Waals surface area contributed by atoms with Crippen LogP contribution in [0.5, 0.6) is 0 Å². The van der Waals surface area contributed by atoms with E-state index in [0.717, 1.165) is 18.0 Å². The molecule has 118 valence electrons. The first-order chi connectivity index (χ1) is 9.83. The van der Waals surface area contributed by atoms with E-state index in [9.17, 15) is 22.8 Å². The van der Waals surface area contributed by atoms with Crippen molar-refractivity contribution in [3.8, 4) is 0 Å². The highest BCUT2D eigenvalue weighted by Gasteiger charge is 2.44. The van der Waals surface area contributed by atoms with Crippen LogP contribution >= 0.6 is 0 Å². The van der Waals surface area contributed by atoms with E-state index in [1.807, 2.05) is 0 Å². The van der Waals surface area contributed by atoms with Crippen LogP contribution in [0.4, 0.5) is 13.2 Å². The van der Waals surface area contributed by atoms with Crippen molar-refractivity contribution in [2.45, 2.75) is 12.6 Å². The molecule has 3 rings (SSSR count). The van der Waals surface area contributed by atoms with Gasteiger partial charge in [0.05, 0.1) is 5.92 Å². The van der Waals surface area contributed by atoms with Gasteiger partial charge in [0.2, 0.25) is 11.8 Å². The fraction of sp³-hybridized carbons (Fsp3) is 0.846. The largest absolute Gasteiger partial charge is 0.406 e. The monoisotopic (exact) mass is 305 g/mol. The van der Waals surface area contributed by atoms with Crippen LogP contribution in [-0.4, -0.2) is 67.1 Å². The summed E-state index contributed by atoms with van der Waals surface area (Å²) in [6.45, 7) is 1.71. The van der Waals surface area contributed by atoms with Crippen LogP contribution in [0.15, 0.2) is 0 Å². The molecular formula is C13H18F3N3O2. The van der Waals surface area contributed by atoms with Crippen LogP contribution in [0, 0.1) is 17.8 Å². The van der Waals surface area contributed by atoms with Crippen molar-refractivity contribution in [3.63, 3.8) is 0 Å². The van der Waals surface area contributed by atoms with Gasteiger partial charge in [-0.3, -0.25) is 9.59 Å². The maximum absolute atomic E-state index is 12.4. The maximum Gasteiger partial charge on any atom is 0.406 e. The van der Waals surface area contributed by atoms with Crippen LogP contribution in [0.1, 0.15) is 6.42 Å². The number of hydrogen-bond donors (Lipinski definition) is 1. The molecule has 3 aliphatic heterocycles. The predicted octanol–water partition coefficient (Wildman–Crippen LogP) is 0.0750. The zero-order valence-electron chi connectivity index (χ0n) is 11.5. The lowest BCUT2D eigenvalue weighted by atomic mass is 10.0. The van der Waals surface area contributed by atoms with Gasteiger partial charge in [-0.15, -0.1) is 0 Å². The molecule has 3 fully saturated rings. The zero-order valence-corrected chi connectivity index (χ0v) is 11.5. The van der Waals surface area contributed by atoms with Crippen molar-refractivity contribution in [2.75, 3.05) is 39.3 Å². The molecule has 0 aromatic rings. The lowest BCUT2D eigenvalue weighted by Gasteiger charge is -2.22. The molecule has 3 saturated heterocycles. The summed E-state index contributed by atoms with van der Waals surface area (Å²) in [6.07, 6.45) is -4.51. The first-order valence-electron chi connectivity index (χ1n) is 7.17. The zero-order chi connectivity index (χ0) is 15.2. The SMILES string of the molecule is O=C1CC(C(=O)N2C[C@H]3CNC[C@H]3C2)CN1CC(F)(F)F. The van der Waals surface area contributed by atoms with Crippen molar-refractivity contribution < 1.29 is 22.8 Å². The molecular weight excluding hydrogens is 287 g/mol. The van der Waals surface area contributed by atoms with E-state index in [-0.39, 0.29) is 18.9 Å². The first kappa shape index (κ1) is 14.6. The fourth-order valence-corrected chi connectivity index (χ4v) is 3.60. The molecule has 0 aromatic heterocycles. The summed E-state index contributed by atoms with van der Waals surface area (Å²) < 4.78 is 37.1. The highest BCUT2D eigenvalue weighted by molar-refractivity contribution is 5.89. The van der Waals surface area contributed by atoms with Crippen molar-refractivity contribution in [1.29, 1.82) is 0 Å². The van der Waals surface area contributed by atoms with Gasteiger partial charge in [-0.2, -0.15) is 13.2 Å². The highest BCUT2D eigenvalue weighted by Crippen LogP contribution is 2.30. The summed E-state index contributed by atoms with van der Waals surface area (Å²) in [5, 5.41) is 3.27. The van der Waals surface area contributed by atoms with Gasteiger partial charge in [-0.25, -0.2) is 0 Å². The van der Waals surface area contributed by atoms with E-state index in [1.54, 1.807) is 4.90 Å². The second kappa shape index (κ2) is 5.15. The fourth-order valence-electron chi connectivity index (χ4n) is 3.60. The predicted molar refractivity (Wildman–Crippen MR) is 67.2 cm³/mol. The summed E-state index contributed by atoms with van der Waals surface area (Å²) in [5.41, 5.74) is 0. The Morgan fingerprint density at radius 2 is 1.81 bits per heavy atom. The van der Waals surface area contributed by atoms with Gasteiger partial charge >= 0.3 is 6.18 Å². The quantitative estimate of drug-likeness (QED) is 0.786. The summed E-state index contributed by atoms with van der Waals surface area (Å²) in [6, 6.07) is 0. The standard InChI is InChI=1S/C13H18F3N3O2/c14-13(15,16)7-19-4-8(1-11(19)20)12(21)18-5-9-2-17-3-10(9)6-18/h8-10,17H,1-7H2/t8?,9-,10+. The molecule has 3 atom stereocenters. The van der Waals surface area contributed by atoms with E-state index in [0.29, 0.717) is 24.9 Å². The van der Waals surface area contributed by atoms with Gasteiger partial charge in [-0.05, 0) is 11.8 Å². The van der Waals surface area contributed by atoms with Crippen LogP contribution in [0.2, 0.25) is 0 Å². The number of amides is 2. The van der Waals surface area contributed by atoms with Crippen LogP contribution in [0.25, 0.3) is 0 Å². The van der Waals surface area contributed by atoms with Gasteiger partial charge in [0.15, 0.2) is 0 Å². The lowest BCUT2D eigenvalue weighted by molar-refractivity contribution is -0.157. The number of halogens is 3. The molecule has 2 amide bonds. The molecule has 8 heteroatoms. The average Bonchev–Trinajstić information content (AvgIpc) is 3.01. The number of nitrogens with zero attached hydrogens (tertiary/aromatic N) is 2. The van der Waals surface area contributed by atoms with Gasteiger partial charge in [-0.1, -0.05) is 0 Å². The Hall–Kier alpha value is -1.31. The molecule has 0 bridgehead atoms. The summed E-state index contributed by atoms with van der Waals surface area (Å²) in [7, 11) is 0. The molecule has 0 radical (unpaired) electrons. The number of rotatable bonds is 2. The molecule has 0 aromatic carbocycles. The van der Waals surface area contributed by atoms with Gasteiger partial charge in [0.1, 0.15) is 6.54 Å². The van der Waals surface area contributed by atoms with Crippen molar-refractivity contribution >= 4 is 11.8 Å². The lowest BCUT2D eigenvalue weighted by Crippen LogP contribution is -2.39. The highest BCUT2D eigenvalue weighted by atomic mass is 19.4. The van der Waals surface area contributed by atoms with Crippen molar-refractivity contribution in [2.24, 2.45) is 17.8 Å². The molecule has 21 heavy (non-hydrogen) atoms. The molecule has 5 nitrogen and oxygen atoms in total. The number of carbonyl (C=O) groups excluding carboxylic acids is 2. The number of alkyl halides is 3. The summed E-state index contributed by atoms with van der Waals surface area (Å²) in [5.74, 6) is -0.476. The van der Waals surface area contributed by atoms with Gasteiger partial charge in [0.25, 0.3) is 0 Å². The first-order valence-corrected chi connectivity index (χ1v) is 7.17. The second-order valence-corrected chi connectivity index (χ2v) is 6.21. The topological polar surface area (TPSA) is 52.7 Å². The smallest absolute Gasteiger partial charge is 0.342 e. The molecule has 1 N–H and O–H groups in total. The van der Waals surface area contributed by atoms with E-state index >= 15 is 0 Å². The Bertz CT molecular complexity index is 442. The van der Waals surface area contributed by atoms with E-state index < -0.39 is 24.5 Å².